The lowest BCUT2D eigenvalue weighted by atomic mass is 10.0. The van der Waals surface area contributed by atoms with Crippen LogP contribution >= 0.6 is 11.6 Å². The van der Waals surface area contributed by atoms with Crippen LogP contribution in [0.5, 0.6) is 0 Å². The number of aryl methyl sites for hydroxylation is 1. The molecule has 0 aliphatic rings. The fourth-order valence-corrected chi connectivity index (χ4v) is 2.32. The average Bonchev–Trinajstić information content (AvgIpc) is 2.39. The minimum atomic E-state index is 0.298. The summed E-state index contributed by atoms with van der Waals surface area (Å²) in [4.78, 5) is 0. The molecule has 0 aliphatic carbocycles. The Bertz CT molecular complexity index is 508. The molecular weight excluding hydrogens is 242 g/mol. The van der Waals surface area contributed by atoms with Crippen LogP contribution in [0, 0.1) is 6.92 Å². The molecule has 0 aromatic heterocycles. The molecule has 1 nitrogen and oxygen atoms in total. The molecule has 1 unspecified atom stereocenters. The van der Waals surface area contributed by atoms with Gasteiger partial charge in [-0.15, -0.1) is 0 Å². The molecule has 0 amide bonds. The molecule has 18 heavy (non-hydrogen) atoms. The third-order valence-corrected chi connectivity index (χ3v) is 3.38. The van der Waals surface area contributed by atoms with Crippen molar-refractivity contribution in [1.82, 2.24) is 0 Å². The van der Waals surface area contributed by atoms with E-state index in [0.29, 0.717) is 6.04 Å². The third-order valence-electron chi connectivity index (χ3n) is 3.06. The lowest BCUT2D eigenvalue weighted by Gasteiger charge is -2.19. The first-order valence-corrected chi connectivity index (χ1v) is 6.66. The normalized spacial score (nSPS) is 12.2. The van der Waals surface area contributed by atoms with E-state index < -0.39 is 0 Å². The second kappa shape index (κ2) is 5.92. The molecule has 0 heterocycles. The van der Waals surface area contributed by atoms with E-state index in [9.17, 15) is 0 Å². The largest absolute Gasteiger partial charge is 0.377 e. The Morgan fingerprint density at radius 3 is 2.44 bits per heavy atom. The van der Waals surface area contributed by atoms with E-state index in [0.717, 1.165) is 17.1 Å². The quantitative estimate of drug-likeness (QED) is 0.795. The summed E-state index contributed by atoms with van der Waals surface area (Å²) in [5.41, 5.74) is 3.47. The second-order valence-corrected chi connectivity index (χ2v) is 4.91. The fraction of sp³-hybridized carbons (Fsp3) is 0.250. The molecule has 0 saturated carbocycles. The van der Waals surface area contributed by atoms with Crippen molar-refractivity contribution in [3.05, 3.63) is 64.7 Å². The van der Waals surface area contributed by atoms with Crippen LogP contribution in [0.3, 0.4) is 0 Å². The van der Waals surface area contributed by atoms with Gasteiger partial charge in [-0.25, -0.2) is 0 Å². The van der Waals surface area contributed by atoms with Gasteiger partial charge in [0.05, 0.1) is 16.8 Å². The van der Waals surface area contributed by atoms with Gasteiger partial charge in [0.25, 0.3) is 0 Å². The zero-order chi connectivity index (χ0) is 13.0. The van der Waals surface area contributed by atoms with E-state index in [-0.39, 0.29) is 0 Å². The summed E-state index contributed by atoms with van der Waals surface area (Å²) in [6.07, 6.45) is 1.02. The van der Waals surface area contributed by atoms with Crippen molar-refractivity contribution >= 4 is 17.3 Å². The molecule has 0 saturated heterocycles. The van der Waals surface area contributed by atoms with Crippen LogP contribution in [-0.2, 0) is 0 Å². The summed E-state index contributed by atoms with van der Waals surface area (Å²) in [7, 11) is 0. The molecule has 0 aliphatic heterocycles. The van der Waals surface area contributed by atoms with Gasteiger partial charge in [-0.05, 0) is 36.6 Å². The summed E-state index contributed by atoms with van der Waals surface area (Å²) >= 11 is 6.26. The highest BCUT2D eigenvalue weighted by atomic mass is 35.5. The van der Waals surface area contributed by atoms with Crippen molar-refractivity contribution in [2.75, 3.05) is 5.32 Å². The number of anilines is 1. The highest BCUT2D eigenvalue weighted by Gasteiger charge is 2.10. The van der Waals surface area contributed by atoms with E-state index in [1.165, 1.54) is 11.1 Å². The minimum Gasteiger partial charge on any atom is -0.377 e. The van der Waals surface area contributed by atoms with Gasteiger partial charge in [-0.1, -0.05) is 54.9 Å². The zero-order valence-corrected chi connectivity index (χ0v) is 11.5. The summed E-state index contributed by atoms with van der Waals surface area (Å²) < 4.78 is 0. The topological polar surface area (TPSA) is 12.0 Å². The van der Waals surface area contributed by atoms with Gasteiger partial charge in [-0.3, -0.25) is 0 Å². The summed E-state index contributed by atoms with van der Waals surface area (Å²) in [6.45, 7) is 4.22. The van der Waals surface area contributed by atoms with E-state index >= 15 is 0 Å². The van der Waals surface area contributed by atoms with E-state index in [4.69, 9.17) is 11.6 Å². The molecule has 0 radical (unpaired) electrons. The standard InChI is InChI=1S/C16H18ClN/c1-3-15(13-7-5-4-6-8-13)18-16-10-9-12(2)11-14(16)17/h4-11,15,18H,3H2,1-2H3. The molecule has 94 valence electrons. The van der Waals surface area contributed by atoms with Crippen LogP contribution in [0.15, 0.2) is 48.5 Å². The Morgan fingerprint density at radius 1 is 1.11 bits per heavy atom. The van der Waals surface area contributed by atoms with Crippen LogP contribution in [0.25, 0.3) is 0 Å². The predicted octanol–water partition coefficient (Wildman–Crippen LogP) is 5.21. The molecule has 0 spiro atoms. The second-order valence-electron chi connectivity index (χ2n) is 4.50. The van der Waals surface area contributed by atoms with Gasteiger partial charge in [0.2, 0.25) is 0 Å². The number of halogens is 1. The van der Waals surface area contributed by atoms with Crippen molar-refractivity contribution in [2.45, 2.75) is 26.3 Å². The van der Waals surface area contributed by atoms with Gasteiger partial charge in [-0.2, -0.15) is 0 Å². The van der Waals surface area contributed by atoms with E-state index in [1.54, 1.807) is 0 Å². The smallest absolute Gasteiger partial charge is 0.0640 e. The average molecular weight is 260 g/mol. The first kappa shape index (κ1) is 13.0. The maximum atomic E-state index is 6.26. The Morgan fingerprint density at radius 2 is 1.83 bits per heavy atom. The number of nitrogens with one attached hydrogen (secondary N) is 1. The van der Waals surface area contributed by atoms with Gasteiger partial charge >= 0.3 is 0 Å². The maximum Gasteiger partial charge on any atom is 0.0640 e. The van der Waals surface area contributed by atoms with Crippen LogP contribution in [0.1, 0.15) is 30.5 Å². The minimum absolute atomic E-state index is 0.298. The van der Waals surface area contributed by atoms with Crippen molar-refractivity contribution < 1.29 is 0 Å². The van der Waals surface area contributed by atoms with Crippen molar-refractivity contribution in [1.29, 1.82) is 0 Å². The number of benzene rings is 2. The molecule has 2 rings (SSSR count). The summed E-state index contributed by atoms with van der Waals surface area (Å²) in [5, 5.41) is 4.29. The van der Waals surface area contributed by atoms with Gasteiger partial charge < -0.3 is 5.32 Å². The van der Waals surface area contributed by atoms with Gasteiger partial charge in [0, 0.05) is 0 Å². The summed E-state index contributed by atoms with van der Waals surface area (Å²) in [6, 6.07) is 16.9. The molecule has 1 N–H and O–H groups in total. The first-order valence-electron chi connectivity index (χ1n) is 6.28. The highest BCUT2D eigenvalue weighted by Crippen LogP contribution is 2.28. The van der Waals surface area contributed by atoms with Gasteiger partial charge in [0.15, 0.2) is 0 Å². The van der Waals surface area contributed by atoms with Crippen LogP contribution in [0.2, 0.25) is 5.02 Å². The van der Waals surface area contributed by atoms with Crippen molar-refractivity contribution in [3.8, 4) is 0 Å². The molecular formula is C16H18ClN. The van der Waals surface area contributed by atoms with Crippen LogP contribution in [-0.4, -0.2) is 0 Å². The Balaban J connectivity index is 2.21. The lowest BCUT2D eigenvalue weighted by Crippen LogP contribution is -2.09. The van der Waals surface area contributed by atoms with Crippen molar-refractivity contribution in [2.24, 2.45) is 0 Å². The molecule has 2 aromatic rings. The highest BCUT2D eigenvalue weighted by molar-refractivity contribution is 6.33. The number of rotatable bonds is 4. The third kappa shape index (κ3) is 3.05. The molecule has 2 aromatic carbocycles. The Labute approximate surface area is 114 Å². The van der Waals surface area contributed by atoms with E-state index in [1.807, 2.05) is 25.1 Å². The zero-order valence-electron chi connectivity index (χ0n) is 10.8. The number of hydrogen-bond donors (Lipinski definition) is 1. The van der Waals surface area contributed by atoms with Gasteiger partial charge in [0.1, 0.15) is 0 Å². The Hall–Kier alpha value is -1.47. The molecule has 0 fully saturated rings. The monoisotopic (exact) mass is 259 g/mol. The van der Waals surface area contributed by atoms with E-state index in [2.05, 4.69) is 42.6 Å². The molecule has 2 heteroatoms. The SMILES string of the molecule is CCC(Nc1ccc(C)cc1Cl)c1ccccc1. The number of hydrogen-bond acceptors (Lipinski definition) is 1. The lowest BCUT2D eigenvalue weighted by molar-refractivity contribution is 0.749. The van der Waals surface area contributed by atoms with Crippen LogP contribution in [0.4, 0.5) is 5.69 Å². The summed E-state index contributed by atoms with van der Waals surface area (Å²) in [5.74, 6) is 0. The molecule has 0 bridgehead atoms. The fourth-order valence-electron chi connectivity index (χ4n) is 2.03. The van der Waals surface area contributed by atoms with Crippen LogP contribution < -0.4 is 5.32 Å². The maximum absolute atomic E-state index is 6.26. The van der Waals surface area contributed by atoms with Crippen molar-refractivity contribution in [3.63, 3.8) is 0 Å². The first-order chi connectivity index (χ1) is 8.70. The Kier molecular flexibility index (Phi) is 4.27. The molecule has 1 atom stereocenters. The predicted molar refractivity (Wildman–Crippen MR) is 79.3 cm³/mol.